The Morgan fingerprint density at radius 3 is 2.35 bits per heavy atom. The van der Waals surface area contributed by atoms with Crippen molar-refractivity contribution < 1.29 is 14.3 Å². The highest BCUT2D eigenvalue weighted by molar-refractivity contribution is 7.99. The molecule has 0 aliphatic rings. The largest absolute Gasteiger partial charge is 0.468 e. The van der Waals surface area contributed by atoms with Gasteiger partial charge in [0.15, 0.2) is 0 Å². The molecule has 1 rings (SSSR count). The maximum atomic E-state index is 12.3. The molecule has 0 saturated carbocycles. The van der Waals surface area contributed by atoms with E-state index in [1.54, 1.807) is 0 Å². The molecule has 6 heteroatoms. The molecule has 1 aromatic rings. The van der Waals surface area contributed by atoms with Gasteiger partial charge in [-0.2, -0.15) is 0 Å². The summed E-state index contributed by atoms with van der Waals surface area (Å²) in [5, 5.41) is 3.84. The molecule has 0 aromatic heterocycles. The Morgan fingerprint density at radius 1 is 1.22 bits per heavy atom. The number of benzene rings is 1. The number of amides is 1. The van der Waals surface area contributed by atoms with Crippen LogP contribution < -0.4 is 5.32 Å². The van der Waals surface area contributed by atoms with Crippen molar-refractivity contribution in [2.45, 2.75) is 38.6 Å². The summed E-state index contributed by atoms with van der Waals surface area (Å²) >= 11 is 7.35. The van der Waals surface area contributed by atoms with Crippen LogP contribution in [0.5, 0.6) is 0 Å². The average Bonchev–Trinajstić information content (AvgIpc) is 2.57. The number of halogens is 1. The first-order valence-corrected chi connectivity index (χ1v) is 9.22. The molecule has 4 nitrogen and oxygen atoms in total. The van der Waals surface area contributed by atoms with Gasteiger partial charge in [-0.25, -0.2) is 0 Å². The third-order valence-electron chi connectivity index (χ3n) is 3.90. The van der Waals surface area contributed by atoms with Crippen molar-refractivity contribution in [3.05, 3.63) is 34.9 Å². The zero-order chi connectivity index (χ0) is 17.3. The molecule has 0 saturated heterocycles. The lowest BCUT2D eigenvalue weighted by atomic mass is 9.84. The summed E-state index contributed by atoms with van der Waals surface area (Å²) in [6.45, 7) is 4.12. The average molecular weight is 358 g/mol. The van der Waals surface area contributed by atoms with Crippen molar-refractivity contribution in [2.75, 3.05) is 18.6 Å². The first-order chi connectivity index (χ1) is 11.0. The summed E-state index contributed by atoms with van der Waals surface area (Å²) in [7, 11) is 1.36. The van der Waals surface area contributed by atoms with Crippen LogP contribution >= 0.6 is 23.4 Å². The van der Waals surface area contributed by atoms with Crippen LogP contribution in [0.4, 0.5) is 0 Å². The molecule has 0 spiro atoms. The lowest BCUT2D eigenvalue weighted by Gasteiger charge is -2.33. The number of ether oxygens (including phenoxy) is 1. The van der Waals surface area contributed by atoms with E-state index in [0.29, 0.717) is 17.2 Å². The number of carbonyl (C=O) groups excluding carboxylic acids is 2. The summed E-state index contributed by atoms with van der Waals surface area (Å²) < 4.78 is 4.57. The summed E-state index contributed by atoms with van der Waals surface area (Å²) in [6.07, 6.45) is 1.97. The van der Waals surface area contributed by atoms with Gasteiger partial charge in [0.2, 0.25) is 5.91 Å². The first-order valence-electron chi connectivity index (χ1n) is 7.69. The molecule has 0 bridgehead atoms. The van der Waals surface area contributed by atoms with Crippen LogP contribution in [0, 0.1) is 0 Å². The molecule has 0 radical (unpaired) electrons. The van der Waals surface area contributed by atoms with Gasteiger partial charge in [0.25, 0.3) is 0 Å². The molecule has 1 aromatic carbocycles. The number of methoxy groups -OCH3 is 1. The summed E-state index contributed by atoms with van der Waals surface area (Å²) in [5.74, 6) is 0.577. The Bertz CT molecular complexity index is 515. The third-order valence-corrected chi connectivity index (χ3v) is 5.09. The highest BCUT2D eigenvalue weighted by Crippen LogP contribution is 2.29. The minimum atomic E-state index is -0.380. The molecule has 0 fully saturated rings. The Labute approximate surface area is 147 Å². The zero-order valence-corrected chi connectivity index (χ0v) is 15.4. The van der Waals surface area contributed by atoms with Crippen LogP contribution in [0.2, 0.25) is 5.02 Å². The lowest BCUT2D eigenvalue weighted by Crippen LogP contribution is -2.45. The van der Waals surface area contributed by atoms with Gasteiger partial charge >= 0.3 is 5.97 Å². The van der Waals surface area contributed by atoms with Gasteiger partial charge in [-0.1, -0.05) is 37.6 Å². The molecule has 0 aliphatic carbocycles. The number of carbonyl (C=O) groups is 2. The Balaban J connectivity index is 2.63. The first kappa shape index (κ1) is 19.8. The van der Waals surface area contributed by atoms with Crippen LogP contribution in [-0.2, 0) is 19.9 Å². The second-order valence-electron chi connectivity index (χ2n) is 5.22. The summed E-state index contributed by atoms with van der Waals surface area (Å²) in [6, 6.07) is 7.61. The zero-order valence-electron chi connectivity index (χ0n) is 13.9. The monoisotopic (exact) mass is 357 g/mol. The van der Waals surface area contributed by atoms with Crippen molar-refractivity contribution in [1.82, 2.24) is 5.32 Å². The molecule has 0 unspecified atom stereocenters. The summed E-state index contributed by atoms with van der Waals surface area (Å²) in [4.78, 5) is 23.3. The Kier molecular flexibility index (Phi) is 8.48. The normalized spacial score (nSPS) is 11.1. The van der Waals surface area contributed by atoms with Gasteiger partial charge in [0.1, 0.15) is 0 Å². The van der Waals surface area contributed by atoms with E-state index in [4.69, 9.17) is 11.6 Å². The van der Waals surface area contributed by atoms with Crippen LogP contribution in [0.15, 0.2) is 24.3 Å². The van der Waals surface area contributed by atoms with E-state index in [1.165, 1.54) is 18.9 Å². The van der Waals surface area contributed by atoms with Crippen molar-refractivity contribution >= 4 is 35.2 Å². The fourth-order valence-corrected chi connectivity index (χ4v) is 3.27. The minimum Gasteiger partial charge on any atom is -0.468 e. The van der Waals surface area contributed by atoms with Crippen LogP contribution in [0.25, 0.3) is 0 Å². The topological polar surface area (TPSA) is 55.4 Å². The van der Waals surface area contributed by atoms with Crippen molar-refractivity contribution in [2.24, 2.45) is 0 Å². The SMILES string of the molecule is CCC(CC)(NC(=O)CCSCC(=O)OC)c1ccc(Cl)cc1. The Hall–Kier alpha value is -1.20. The maximum Gasteiger partial charge on any atom is 0.315 e. The lowest BCUT2D eigenvalue weighted by molar-refractivity contribution is -0.137. The Morgan fingerprint density at radius 2 is 1.83 bits per heavy atom. The second-order valence-corrected chi connectivity index (χ2v) is 6.76. The van der Waals surface area contributed by atoms with Crippen LogP contribution in [0.1, 0.15) is 38.7 Å². The second kappa shape index (κ2) is 9.83. The fraction of sp³-hybridized carbons (Fsp3) is 0.529. The number of nitrogens with one attached hydrogen (secondary N) is 1. The van der Waals surface area contributed by atoms with Crippen molar-refractivity contribution in [1.29, 1.82) is 0 Å². The van der Waals surface area contributed by atoms with E-state index in [9.17, 15) is 9.59 Å². The van der Waals surface area contributed by atoms with Crippen LogP contribution in [0.3, 0.4) is 0 Å². The number of hydrogen-bond acceptors (Lipinski definition) is 4. The van der Waals surface area contributed by atoms with Gasteiger partial charge in [0, 0.05) is 17.2 Å². The number of rotatable bonds is 9. The van der Waals surface area contributed by atoms with E-state index in [-0.39, 0.29) is 23.2 Å². The smallest absolute Gasteiger partial charge is 0.315 e. The molecule has 1 N–H and O–H groups in total. The third kappa shape index (κ3) is 6.07. The highest BCUT2D eigenvalue weighted by atomic mass is 35.5. The fourth-order valence-electron chi connectivity index (χ4n) is 2.38. The predicted molar refractivity (Wildman–Crippen MR) is 95.8 cm³/mol. The van der Waals surface area contributed by atoms with Crippen LogP contribution in [-0.4, -0.2) is 30.5 Å². The maximum absolute atomic E-state index is 12.3. The standard InChI is InChI=1S/C17H24ClNO3S/c1-4-17(5-2,13-6-8-14(18)9-7-13)19-15(20)10-11-23-12-16(21)22-3/h6-9H,4-5,10-12H2,1-3H3,(H,19,20). The van der Waals surface area contributed by atoms with E-state index in [0.717, 1.165) is 18.4 Å². The van der Waals surface area contributed by atoms with E-state index >= 15 is 0 Å². The molecule has 1 amide bonds. The molecule has 23 heavy (non-hydrogen) atoms. The van der Waals surface area contributed by atoms with Gasteiger partial charge in [-0.15, -0.1) is 11.8 Å². The molecular formula is C17H24ClNO3S. The molecule has 128 valence electrons. The van der Waals surface area contributed by atoms with Crippen molar-refractivity contribution in [3.63, 3.8) is 0 Å². The van der Waals surface area contributed by atoms with Gasteiger partial charge in [-0.05, 0) is 30.5 Å². The molecule has 0 aliphatic heterocycles. The summed E-state index contributed by atoms with van der Waals surface area (Å²) in [5.41, 5.74) is 0.678. The van der Waals surface area contributed by atoms with Gasteiger partial charge < -0.3 is 10.1 Å². The van der Waals surface area contributed by atoms with E-state index < -0.39 is 0 Å². The highest BCUT2D eigenvalue weighted by Gasteiger charge is 2.29. The number of hydrogen-bond donors (Lipinski definition) is 1. The quantitative estimate of drug-likeness (QED) is 0.540. The number of thioether (sulfide) groups is 1. The molecule has 0 heterocycles. The molecular weight excluding hydrogens is 334 g/mol. The van der Waals surface area contributed by atoms with Gasteiger partial charge in [0.05, 0.1) is 18.4 Å². The predicted octanol–water partition coefficient (Wildman–Crippen LogP) is 3.77. The van der Waals surface area contributed by atoms with E-state index in [2.05, 4.69) is 23.9 Å². The number of esters is 1. The van der Waals surface area contributed by atoms with Gasteiger partial charge in [-0.3, -0.25) is 9.59 Å². The molecule has 0 atom stereocenters. The minimum absolute atomic E-state index is 0.0129. The van der Waals surface area contributed by atoms with Crippen molar-refractivity contribution in [3.8, 4) is 0 Å². The van der Waals surface area contributed by atoms with E-state index in [1.807, 2.05) is 24.3 Å².